The minimum atomic E-state index is -0.439. The van der Waals surface area contributed by atoms with Crippen LogP contribution < -0.4 is 4.74 Å². The van der Waals surface area contributed by atoms with Gasteiger partial charge in [0, 0.05) is 0 Å². The lowest BCUT2D eigenvalue weighted by Gasteiger charge is -2.06. The Hall–Kier alpha value is -3.71. The molecule has 0 radical (unpaired) electrons. The maximum Gasteiger partial charge on any atom is 0.315 e. The van der Waals surface area contributed by atoms with Gasteiger partial charge in [0.15, 0.2) is 0 Å². The summed E-state index contributed by atoms with van der Waals surface area (Å²) in [6.45, 7) is 0. The van der Waals surface area contributed by atoms with E-state index in [4.69, 9.17) is 4.74 Å². The Kier molecular flexibility index (Phi) is 5.76. The molecule has 0 aliphatic rings. The van der Waals surface area contributed by atoms with E-state index in [1.165, 1.54) is 12.1 Å². The van der Waals surface area contributed by atoms with Crippen molar-refractivity contribution in [2.75, 3.05) is 0 Å². The van der Waals surface area contributed by atoms with Crippen molar-refractivity contribution in [1.82, 2.24) is 0 Å². The Bertz CT molecular complexity index is 1000. The van der Waals surface area contributed by atoms with Crippen LogP contribution in [0.15, 0.2) is 78.9 Å². The monoisotopic (exact) mass is 357 g/mol. The van der Waals surface area contributed by atoms with E-state index in [1.807, 2.05) is 36.4 Å². The van der Waals surface area contributed by atoms with Crippen LogP contribution in [0.25, 0.3) is 11.6 Å². The Labute approximate surface area is 157 Å². The third-order valence-electron chi connectivity index (χ3n) is 3.87. The summed E-state index contributed by atoms with van der Waals surface area (Å²) < 4.78 is 18.3. The molecule has 3 rings (SSSR count). The standard InChI is InChI=1S/C23H16FNO2/c24-21-11-9-17(10-12-21)15-23(26)27-22-8-4-5-18(14-22)13-20(16-25)19-6-2-1-3-7-19/h1-14H,15H2/b20-13-. The SMILES string of the molecule is N#C/C(=C/c1cccc(OC(=O)Cc2ccc(F)cc2)c1)c1ccccc1. The zero-order chi connectivity index (χ0) is 19.1. The molecule has 0 aliphatic carbocycles. The summed E-state index contributed by atoms with van der Waals surface area (Å²) in [5, 5.41) is 9.41. The molecule has 0 unspecified atom stereocenters. The summed E-state index contributed by atoms with van der Waals surface area (Å²) in [6.07, 6.45) is 1.79. The van der Waals surface area contributed by atoms with Crippen LogP contribution in [-0.2, 0) is 11.2 Å². The topological polar surface area (TPSA) is 50.1 Å². The van der Waals surface area contributed by atoms with E-state index in [2.05, 4.69) is 6.07 Å². The van der Waals surface area contributed by atoms with E-state index in [0.717, 1.165) is 11.1 Å². The van der Waals surface area contributed by atoms with E-state index >= 15 is 0 Å². The summed E-state index contributed by atoms with van der Waals surface area (Å²) in [5.41, 5.74) is 2.76. The van der Waals surface area contributed by atoms with Crippen LogP contribution in [0, 0.1) is 17.1 Å². The van der Waals surface area contributed by atoms with E-state index in [-0.39, 0.29) is 12.2 Å². The first-order valence-corrected chi connectivity index (χ1v) is 8.36. The van der Waals surface area contributed by atoms with Gasteiger partial charge in [-0.3, -0.25) is 4.79 Å². The van der Waals surface area contributed by atoms with Gasteiger partial charge in [0.05, 0.1) is 18.1 Å². The van der Waals surface area contributed by atoms with Gasteiger partial charge in [-0.15, -0.1) is 0 Å². The van der Waals surface area contributed by atoms with Crippen molar-refractivity contribution in [3.05, 3.63) is 101 Å². The molecule has 3 nitrogen and oxygen atoms in total. The number of allylic oxidation sites excluding steroid dienone is 1. The third kappa shape index (κ3) is 5.13. The molecule has 0 N–H and O–H groups in total. The van der Waals surface area contributed by atoms with Gasteiger partial charge >= 0.3 is 5.97 Å². The molecule has 0 aromatic heterocycles. The minimum absolute atomic E-state index is 0.0494. The fourth-order valence-electron chi connectivity index (χ4n) is 2.57. The molecule has 3 aromatic rings. The van der Waals surface area contributed by atoms with Crippen LogP contribution in [0.2, 0.25) is 0 Å². The average molecular weight is 357 g/mol. The fraction of sp³-hybridized carbons (Fsp3) is 0.0435. The Morgan fingerprint density at radius 2 is 1.74 bits per heavy atom. The van der Waals surface area contributed by atoms with Crippen molar-refractivity contribution in [3.63, 3.8) is 0 Å². The highest BCUT2D eigenvalue weighted by Crippen LogP contribution is 2.21. The summed E-state index contributed by atoms with van der Waals surface area (Å²) in [7, 11) is 0. The second-order valence-electron chi connectivity index (χ2n) is 5.89. The van der Waals surface area contributed by atoms with Crippen molar-refractivity contribution in [1.29, 1.82) is 5.26 Å². The van der Waals surface area contributed by atoms with Crippen molar-refractivity contribution < 1.29 is 13.9 Å². The molecule has 0 saturated heterocycles. The molecule has 27 heavy (non-hydrogen) atoms. The first-order chi connectivity index (χ1) is 13.1. The normalized spacial score (nSPS) is 10.9. The van der Waals surface area contributed by atoms with E-state index in [9.17, 15) is 14.4 Å². The number of hydrogen-bond donors (Lipinski definition) is 0. The fourth-order valence-corrected chi connectivity index (χ4v) is 2.57. The molecule has 132 valence electrons. The minimum Gasteiger partial charge on any atom is -0.426 e. The van der Waals surface area contributed by atoms with Crippen LogP contribution in [-0.4, -0.2) is 5.97 Å². The van der Waals surface area contributed by atoms with Crippen LogP contribution >= 0.6 is 0 Å². The zero-order valence-electron chi connectivity index (χ0n) is 14.4. The molecule has 3 aromatic carbocycles. The number of hydrogen-bond acceptors (Lipinski definition) is 3. The third-order valence-corrected chi connectivity index (χ3v) is 3.87. The van der Waals surface area contributed by atoms with Crippen molar-refractivity contribution in [3.8, 4) is 11.8 Å². The molecule has 4 heteroatoms. The van der Waals surface area contributed by atoms with Gasteiger partial charge in [-0.1, -0.05) is 54.6 Å². The van der Waals surface area contributed by atoms with E-state index in [0.29, 0.717) is 16.9 Å². The maximum absolute atomic E-state index is 12.9. The second-order valence-corrected chi connectivity index (χ2v) is 5.89. The van der Waals surface area contributed by atoms with E-state index < -0.39 is 5.97 Å². The van der Waals surface area contributed by atoms with E-state index in [1.54, 1.807) is 36.4 Å². The van der Waals surface area contributed by atoms with Crippen molar-refractivity contribution in [2.24, 2.45) is 0 Å². The number of rotatable bonds is 5. The smallest absolute Gasteiger partial charge is 0.315 e. The lowest BCUT2D eigenvalue weighted by molar-refractivity contribution is -0.133. The molecule has 0 saturated carbocycles. The molecule has 0 spiro atoms. The van der Waals surface area contributed by atoms with Gasteiger partial charge < -0.3 is 4.74 Å². The van der Waals surface area contributed by atoms with Crippen molar-refractivity contribution in [2.45, 2.75) is 6.42 Å². The highest BCUT2D eigenvalue weighted by molar-refractivity contribution is 5.89. The summed E-state index contributed by atoms with van der Waals surface area (Å²) in [5.74, 6) is -0.397. The predicted molar refractivity (Wildman–Crippen MR) is 102 cm³/mol. The average Bonchev–Trinajstić information content (AvgIpc) is 2.69. The van der Waals surface area contributed by atoms with Gasteiger partial charge in [0.25, 0.3) is 0 Å². The molecule has 0 amide bonds. The number of benzene rings is 3. The summed E-state index contributed by atoms with van der Waals surface area (Å²) in [4.78, 5) is 12.1. The Morgan fingerprint density at radius 3 is 2.44 bits per heavy atom. The number of carbonyl (C=O) groups is 1. The van der Waals surface area contributed by atoms with Crippen LogP contribution in [0.5, 0.6) is 5.75 Å². The molecule has 0 bridgehead atoms. The van der Waals surface area contributed by atoms with Crippen molar-refractivity contribution >= 4 is 17.6 Å². The lowest BCUT2D eigenvalue weighted by Crippen LogP contribution is -2.11. The number of halogens is 1. The van der Waals surface area contributed by atoms with Gasteiger partial charge in [-0.2, -0.15) is 5.26 Å². The molecular formula is C23H16FNO2. The predicted octanol–water partition coefficient (Wildman–Crippen LogP) is 5.04. The number of nitrogens with zero attached hydrogens (tertiary/aromatic N) is 1. The Morgan fingerprint density at radius 1 is 1.00 bits per heavy atom. The van der Waals surface area contributed by atoms with Crippen LogP contribution in [0.3, 0.4) is 0 Å². The lowest BCUT2D eigenvalue weighted by atomic mass is 10.0. The van der Waals surface area contributed by atoms with Gasteiger partial charge in [0.1, 0.15) is 11.6 Å². The number of nitriles is 1. The summed E-state index contributed by atoms with van der Waals surface area (Å²) >= 11 is 0. The molecule has 0 aliphatic heterocycles. The highest BCUT2D eigenvalue weighted by atomic mass is 19.1. The zero-order valence-corrected chi connectivity index (χ0v) is 14.4. The van der Waals surface area contributed by atoms with Gasteiger partial charge in [-0.05, 0) is 47.0 Å². The molecule has 0 atom stereocenters. The van der Waals surface area contributed by atoms with Crippen LogP contribution in [0.4, 0.5) is 4.39 Å². The quantitative estimate of drug-likeness (QED) is 0.278. The second kappa shape index (κ2) is 8.59. The largest absolute Gasteiger partial charge is 0.426 e. The number of esters is 1. The van der Waals surface area contributed by atoms with Gasteiger partial charge in [-0.25, -0.2) is 4.39 Å². The first-order valence-electron chi connectivity index (χ1n) is 8.36. The van der Waals surface area contributed by atoms with Gasteiger partial charge in [0.2, 0.25) is 0 Å². The Balaban J connectivity index is 1.73. The number of carbonyl (C=O) groups excluding carboxylic acids is 1. The molecule has 0 heterocycles. The molecular weight excluding hydrogens is 341 g/mol. The number of ether oxygens (including phenoxy) is 1. The summed E-state index contributed by atoms with van der Waals surface area (Å²) in [6, 6.07) is 24.2. The first kappa shape index (κ1) is 18.1. The van der Waals surface area contributed by atoms with Crippen LogP contribution in [0.1, 0.15) is 16.7 Å². The molecule has 0 fully saturated rings. The highest BCUT2D eigenvalue weighted by Gasteiger charge is 2.08. The maximum atomic E-state index is 12.9.